The minimum atomic E-state index is -0.103. The van der Waals surface area contributed by atoms with Crippen LogP contribution in [0.1, 0.15) is 13.8 Å². The fraction of sp³-hybridized carbons (Fsp3) is 1.00. The molecule has 0 bridgehead atoms. The predicted octanol–water partition coefficient (Wildman–Crippen LogP) is 2.72. The topological polar surface area (TPSA) is 0 Å². The van der Waals surface area contributed by atoms with Gasteiger partial charge in [0.1, 0.15) is 0 Å². The van der Waals surface area contributed by atoms with E-state index >= 15 is 0 Å². The molecule has 0 heterocycles. The molecular weight excluding hydrogens is 212 g/mol. The molecule has 0 saturated heterocycles. The molecule has 0 aliphatic rings. The van der Waals surface area contributed by atoms with Crippen LogP contribution in [0.5, 0.6) is 0 Å². The Morgan fingerprint density at radius 3 is 1.62 bits per heavy atom. The molecule has 8 heavy (non-hydrogen) atoms. The minimum absolute atomic E-state index is 0.103. The average molecular weight is 222 g/mol. The number of halogens is 2. The summed E-state index contributed by atoms with van der Waals surface area (Å²) >= 11 is 3.52. The van der Waals surface area contributed by atoms with E-state index in [2.05, 4.69) is 26.7 Å². The summed E-state index contributed by atoms with van der Waals surface area (Å²) in [5, 5.41) is 0. The average Bonchev–Trinajstić information content (AvgIpc) is 1.88. The zero-order valence-corrected chi connectivity index (χ0v) is 10.8. The second-order valence-corrected chi connectivity index (χ2v) is 7.65. The van der Waals surface area contributed by atoms with Crippen molar-refractivity contribution in [2.45, 2.75) is 22.9 Å². The third kappa shape index (κ3) is 23.9. The molecule has 0 N–H and O–H groups in total. The Morgan fingerprint density at radius 1 is 1.38 bits per heavy atom. The Labute approximate surface area is 81.2 Å². The number of hydrogen-bond acceptors (Lipinski definition) is 0. The quantitative estimate of drug-likeness (QED) is 0.630. The van der Waals surface area contributed by atoms with E-state index < -0.39 is 0 Å². The highest BCUT2D eigenvalue weighted by Gasteiger charge is 1.74. The molecule has 44 valence electrons. The second-order valence-electron chi connectivity index (χ2n) is 1.38. The van der Waals surface area contributed by atoms with E-state index in [9.17, 15) is 0 Å². The largest absolute Gasteiger partial charge is 0.500 e. The maximum Gasteiger partial charge on any atom is 0.500 e. The van der Waals surface area contributed by atoms with Crippen molar-refractivity contribution in [1.29, 1.82) is 0 Å². The zero-order chi connectivity index (χ0) is 6.83. The monoisotopic (exact) mass is 220 g/mol. The van der Waals surface area contributed by atoms with Crippen molar-refractivity contribution in [1.82, 2.24) is 0 Å². The third-order valence-electron chi connectivity index (χ3n) is 0.378. The molecule has 0 amide bonds. The van der Waals surface area contributed by atoms with Gasteiger partial charge in [0.05, 0.1) is 0 Å². The van der Waals surface area contributed by atoms with Crippen LogP contribution in [0.3, 0.4) is 0 Å². The molecule has 0 unspecified atom stereocenters. The Bertz CT molecular complexity index is 22.0. The molecule has 0 aromatic rings. The van der Waals surface area contributed by atoms with Gasteiger partial charge in [-0.3, -0.25) is 0 Å². The number of hydrogen-bond donors (Lipinski definition) is 0. The summed E-state index contributed by atoms with van der Waals surface area (Å²) in [6.07, 6.45) is 0. The fourth-order valence-corrected chi connectivity index (χ4v) is 0. The first-order chi connectivity index (χ1) is 3.83. The third-order valence-corrected chi connectivity index (χ3v) is 4.65. The van der Waals surface area contributed by atoms with Crippen LogP contribution in [0.4, 0.5) is 0 Å². The van der Waals surface area contributed by atoms with Crippen LogP contribution in [-0.4, -0.2) is 37.5 Å². The lowest BCUT2D eigenvalue weighted by molar-refractivity contribution is 1.47. The predicted molar refractivity (Wildman–Crippen MR) is 47.3 cm³/mol. The highest BCUT2D eigenvalue weighted by atomic mass is 79.9. The van der Waals surface area contributed by atoms with Gasteiger partial charge in [0.15, 0.2) is 0 Å². The lowest BCUT2D eigenvalue weighted by Crippen LogP contribution is -1.61. The Hall–Kier alpha value is 2.30. The normalized spacial score (nSPS) is 5.50. The summed E-state index contributed by atoms with van der Waals surface area (Å²) in [6, 6.07) is 0. The molecule has 0 aromatic carbocycles. The fourth-order valence-electron chi connectivity index (χ4n) is 0. The lowest BCUT2D eigenvalue weighted by atomic mass is 11.0. The lowest BCUT2D eigenvalue weighted by Gasteiger charge is -1.59. The Balaban J connectivity index is 0. The zero-order valence-electron chi connectivity index (χ0n) is 5.58. The molecule has 0 aromatic heterocycles. The maximum absolute atomic E-state index is 5.32. The van der Waals surface area contributed by atoms with Gasteiger partial charge in [-0.1, -0.05) is 13.8 Å². The summed E-state index contributed by atoms with van der Waals surface area (Å²) in [6.45, 7) is 4.31. The van der Waals surface area contributed by atoms with Crippen LogP contribution >= 0.6 is 22.0 Å². The molecule has 0 spiro atoms. The Morgan fingerprint density at radius 2 is 1.62 bits per heavy atom. The first-order valence-electron chi connectivity index (χ1n) is 2.95. The molecule has 0 rings (SSSR count). The molecule has 4 heteroatoms. The van der Waals surface area contributed by atoms with Crippen molar-refractivity contribution in [3.05, 3.63) is 0 Å². The van der Waals surface area contributed by atoms with E-state index in [-0.39, 0.29) is 37.5 Å². The first-order valence-corrected chi connectivity index (χ1v) is 11.0. The molecule has 0 aliphatic carbocycles. The maximum atomic E-state index is 5.32. The van der Waals surface area contributed by atoms with Gasteiger partial charge in [0.2, 0.25) is 0 Å². The molecule has 0 fully saturated rings. The van der Waals surface area contributed by atoms with Crippen LogP contribution in [-0.2, 0) is 0 Å². The smallest absolute Gasteiger partial charge is 0.346 e. The van der Waals surface area contributed by atoms with E-state index in [0.29, 0.717) is 0 Å². The van der Waals surface area contributed by atoms with Crippen molar-refractivity contribution in [3.8, 4) is 0 Å². The van der Waals surface area contributed by atoms with Crippen molar-refractivity contribution in [2.24, 2.45) is 0 Å². The molecule has 0 saturated carbocycles. The van der Waals surface area contributed by atoms with Gasteiger partial charge in [-0.25, -0.2) is 0 Å². The Kier molecular flexibility index (Phi) is 26.1. The van der Waals surface area contributed by atoms with E-state index in [1.165, 1.54) is 9.10 Å². The van der Waals surface area contributed by atoms with Crippen LogP contribution in [0, 0.1) is 0 Å². The van der Waals surface area contributed by atoms with E-state index in [1.54, 1.807) is 0 Å². The highest BCUT2D eigenvalue weighted by Crippen LogP contribution is 1.77. The molecule has 0 aliphatic heterocycles. The SMILES string of the molecule is C[CH2][Mg][Br].C[CH2][Mg][Cl]. The van der Waals surface area contributed by atoms with Gasteiger partial charge in [0.25, 0.3) is 0 Å². The van der Waals surface area contributed by atoms with Crippen molar-refractivity contribution in [2.75, 3.05) is 0 Å². The standard InChI is InChI=1S/2C2H5.BrH.ClH.2Mg/c2*1-2;;;;/h2*1H2,2H3;2*1H;;/q;;;;2*+1/p-2. The van der Waals surface area contributed by atoms with Crippen molar-refractivity contribution < 1.29 is 0 Å². The van der Waals surface area contributed by atoms with Gasteiger partial charge in [-0.15, -0.1) is 9.10 Å². The highest BCUT2D eigenvalue weighted by molar-refractivity contribution is 9.23. The van der Waals surface area contributed by atoms with Crippen LogP contribution in [0.2, 0.25) is 9.10 Å². The van der Waals surface area contributed by atoms with Crippen molar-refractivity contribution >= 4 is 59.4 Å². The summed E-state index contributed by atoms with van der Waals surface area (Å²) in [7, 11) is 5.32. The molecule has 0 atom stereocenters. The second kappa shape index (κ2) is 16.1. The van der Waals surface area contributed by atoms with Crippen LogP contribution < -0.4 is 0 Å². The minimum Gasteiger partial charge on any atom is -0.346 e. The van der Waals surface area contributed by atoms with Gasteiger partial charge in [-0.05, 0) is 0 Å². The van der Waals surface area contributed by atoms with Crippen molar-refractivity contribution in [3.63, 3.8) is 0 Å². The van der Waals surface area contributed by atoms with E-state index in [4.69, 9.17) is 9.07 Å². The van der Waals surface area contributed by atoms with Crippen LogP contribution in [0.25, 0.3) is 0 Å². The van der Waals surface area contributed by atoms with Gasteiger partial charge in [0, 0.05) is 0 Å². The summed E-state index contributed by atoms with van der Waals surface area (Å²) in [4.78, 5) is 0. The molecular formula is C4H10BrClMg2. The summed E-state index contributed by atoms with van der Waals surface area (Å²) < 4.78 is 2.60. The van der Waals surface area contributed by atoms with Gasteiger partial charge >= 0.3 is 37.5 Å². The van der Waals surface area contributed by atoms with Crippen LogP contribution in [0.15, 0.2) is 0 Å². The summed E-state index contributed by atoms with van der Waals surface area (Å²) in [5.41, 5.74) is 0. The molecule has 0 radical (unpaired) electrons. The van der Waals surface area contributed by atoms with E-state index in [1.807, 2.05) is 0 Å². The summed E-state index contributed by atoms with van der Waals surface area (Å²) in [5.74, 6) is 0. The molecule has 0 nitrogen and oxygen atoms in total. The number of rotatable bonds is 2. The van der Waals surface area contributed by atoms with Gasteiger partial charge < -0.3 is 22.0 Å². The first kappa shape index (κ1) is 12.9. The van der Waals surface area contributed by atoms with E-state index in [0.717, 1.165) is 0 Å². The van der Waals surface area contributed by atoms with Gasteiger partial charge in [-0.2, -0.15) is 0 Å².